The van der Waals surface area contributed by atoms with Gasteiger partial charge in [0.25, 0.3) is 0 Å². The van der Waals surface area contributed by atoms with Gasteiger partial charge in [0.2, 0.25) is 0 Å². The second-order valence-electron chi connectivity index (χ2n) is 13.0. The van der Waals surface area contributed by atoms with Crippen molar-refractivity contribution in [3.8, 4) is 44.5 Å². The van der Waals surface area contributed by atoms with Crippen molar-refractivity contribution in [3.63, 3.8) is 0 Å². The van der Waals surface area contributed by atoms with Crippen LogP contribution in [0.4, 0.5) is 0 Å². The fraction of sp³-hybridized carbons (Fsp3) is 0.0638. The van der Waals surface area contributed by atoms with Gasteiger partial charge in [0.15, 0.2) is 0 Å². The Kier molecular flexibility index (Phi) is 5.17. The SMILES string of the molecule is [2H]c1c([2H])c([2H])c(-c2ccc3c4c(cccc24)-c2cc(-c4cccc(-c5cccccc6cccc7ccc5cc67)c4)ccc2C3(C)C)c([2H])c1[2H]. The van der Waals surface area contributed by atoms with Crippen LogP contribution in [0.25, 0.3) is 76.8 Å². The molecule has 0 spiro atoms. The molecule has 8 aromatic carbocycles. The van der Waals surface area contributed by atoms with Gasteiger partial charge in [0, 0.05) is 5.41 Å². The first-order valence-corrected chi connectivity index (χ1v) is 16.1. The largest absolute Gasteiger partial charge is 0.0629 e. The molecule has 0 heterocycles. The predicted octanol–water partition coefficient (Wildman–Crippen LogP) is 13.0. The van der Waals surface area contributed by atoms with Crippen LogP contribution in [-0.2, 0) is 5.41 Å². The molecule has 0 nitrogen and oxygen atoms in total. The van der Waals surface area contributed by atoms with Gasteiger partial charge >= 0.3 is 0 Å². The molecule has 8 aromatic rings. The average Bonchev–Trinajstić information content (AvgIpc) is 3.17. The van der Waals surface area contributed by atoms with Crippen LogP contribution >= 0.6 is 0 Å². The predicted molar refractivity (Wildman–Crippen MR) is 202 cm³/mol. The highest BCUT2D eigenvalue weighted by Crippen LogP contribution is 2.51. The number of hydrogen-bond donors (Lipinski definition) is 0. The summed E-state index contributed by atoms with van der Waals surface area (Å²) >= 11 is 0. The summed E-state index contributed by atoms with van der Waals surface area (Å²) in [5, 5.41) is 6.76. The average molecular weight is 604 g/mol. The van der Waals surface area contributed by atoms with Crippen LogP contribution in [-0.4, -0.2) is 0 Å². The van der Waals surface area contributed by atoms with Crippen molar-refractivity contribution in [3.05, 3.63) is 181 Å². The molecule has 0 aromatic heterocycles. The lowest BCUT2D eigenvalue weighted by molar-refractivity contribution is 0.645. The Morgan fingerprint density at radius 2 is 1.09 bits per heavy atom. The van der Waals surface area contributed by atoms with Crippen LogP contribution < -0.4 is 0 Å². The standard InChI is InChI=1S/C47H34/c1-47(2)44-26-24-35(29-43(44)41-21-11-20-40-39(25-27-45(47)46(40)41)31-12-5-3-6-13-31)34-17-10-18-36(28-34)38-19-8-4-7-14-32-15-9-16-33-22-23-37(38)30-42(32)33/h3-30H,1-2H3/i3D,5D,6D,12D,13D. The zero-order chi connectivity index (χ0) is 35.9. The molecule has 0 heteroatoms. The summed E-state index contributed by atoms with van der Waals surface area (Å²) in [6.07, 6.45) is 0. The molecule has 0 unspecified atom stereocenters. The monoisotopic (exact) mass is 603 g/mol. The Labute approximate surface area is 283 Å². The molecule has 9 rings (SSSR count). The van der Waals surface area contributed by atoms with E-state index in [4.69, 9.17) is 6.85 Å². The van der Waals surface area contributed by atoms with E-state index in [0.717, 1.165) is 49.7 Å². The highest BCUT2D eigenvalue weighted by Gasteiger charge is 2.34. The van der Waals surface area contributed by atoms with Crippen LogP contribution in [0, 0.1) is 0 Å². The number of fused-ring (bicyclic) bond motifs is 3. The molecule has 0 fully saturated rings. The molecule has 2 bridgehead atoms. The van der Waals surface area contributed by atoms with Crippen molar-refractivity contribution < 1.29 is 6.85 Å². The second-order valence-corrected chi connectivity index (χ2v) is 13.0. The van der Waals surface area contributed by atoms with E-state index in [9.17, 15) is 0 Å². The molecular weight excluding hydrogens is 565 g/mol. The lowest BCUT2D eigenvalue weighted by Crippen LogP contribution is -2.23. The van der Waals surface area contributed by atoms with Gasteiger partial charge in [-0.2, -0.15) is 0 Å². The van der Waals surface area contributed by atoms with E-state index in [0.29, 0.717) is 5.56 Å². The summed E-state index contributed by atoms with van der Waals surface area (Å²) in [7, 11) is 0. The summed E-state index contributed by atoms with van der Waals surface area (Å²) in [6.45, 7) is 4.48. The maximum Gasteiger partial charge on any atom is 0.0629 e. The van der Waals surface area contributed by atoms with Crippen molar-refractivity contribution >= 4 is 32.3 Å². The maximum atomic E-state index is 8.74. The molecule has 1 aliphatic rings. The van der Waals surface area contributed by atoms with Gasteiger partial charge in [-0.25, -0.2) is 0 Å². The van der Waals surface area contributed by atoms with Gasteiger partial charge < -0.3 is 0 Å². The van der Waals surface area contributed by atoms with Crippen LogP contribution in [0.2, 0.25) is 0 Å². The molecule has 222 valence electrons. The van der Waals surface area contributed by atoms with E-state index >= 15 is 0 Å². The molecule has 0 saturated heterocycles. The van der Waals surface area contributed by atoms with E-state index in [2.05, 4.69) is 135 Å². The molecule has 47 heavy (non-hydrogen) atoms. The molecule has 1 aliphatic carbocycles. The third-order valence-electron chi connectivity index (χ3n) is 9.96. The first-order valence-electron chi connectivity index (χ1n) is 18.6. The molecule has 0 aliphatic heterocycles. The molecular formula is C47H34. The normalized spacial score (nSPS) is 14.6. The zero-order valence-electron chi connectivity index (χ0n) is 31.3. The van der Waals surface area contributed by atoms with E-state index in [-0.39, 0.29) is 41.2 Å². The Bertz CT molecular complexity index is 2800. The Morgan fingerprint density at radius 1 is 0.404 bits per heavy atom. The van der Waals surface area contributed by atoms with E-state index in [1.54, 1.807) is 0 Å². The lowest BCUT2D eigenvalue weighted by Gasteiger charge is -2.36. The Hall–Kier alpha value is -5.72. The third kappa shape index (κ3) is 4.44. The quantitative estimate of drug-likeness (QED) is 0.188. The number of rotatable bonds is 3. The van der Waals surface area contributed by atoms with Crippen molar-refractivity contribution in [1.82, 2.24) is 0 Å². The topological polar surface area (TPSA) is 0 Å². The molecule has 0 radical (unpaired) electrons. The smallest absolute Gasteiger partial charge is 0.0622 e. The highest BCUT2D eigenvalue weighted by atomic mass is 14.4. The highest BCUT2D eigenvalue weighted by molar-refractivity contribution is 6.09. The molecule has 0 atom stereocenters. The molecule has 0 amide bonds. The summed E-state index contributed by atoms with van der Waals surface area (Å²) in [5.74, 6) is 0. The summed E-state index contributed by atoms with van der Waals surface area (Å²) in [6, 6.07) is 48.1. The van der Waals surface area contributed by atoms with E-state index in [1.807, 2.05) is 18.2 Å². The molecule has 0 N–H and O–H groups in total. The molecule has 0 saturated carbocycles. The van der Waals surface area contributed by atoms with Crippen LogP contribution in [0.5, 0.6) is 0 Å². The lowest BCUT2D eigenvalue weighted by atomic mass is 9.67. The number of hydrogen-bond acceptors (Lipinski definition) is 0. The van der Waals surface area contributed by atoms with Gasteiger partial charge in [0.05, 0.1) is 6.85 Å². The Morgan fingerprint density at radius 3 is 1.98 bits per heavy atom. The minimum atomic E-state index is -0.384. The van der Waals surface area contributed by atoms with Crippen molar-refractivity contribution in [2.24, 2.45) is 0 Å². The minimum absolute atomic E-state index is 0.189. The van der Waals surface area contributed by atoms with Crippen LogP contribution in [0.1, 0.15) is 31.8 Å². The van der Waals surface area contributed by atoms with Gasteiger partial charge in [-0.15, -0.1) is 0 Å². The van der Waals surface area contributed by atoms with Crippen molar-refractivity contribution in [1.29, 1.82) is 0 Å². The van der Waals surface area contributed by atoms with Gasteiger partial charge in [0.1, 0.15) is 0 Å². The van der Waals surface area contributed by atoms with E-state index < -0.39 is 0 Å². The van der Waals surface area contributed by atoms with Gasteiger partial charge in [-0.05, 0) is 106 Å². The second kappa shape index (κ2) is 10.7. The minimum Gasteiger partial charge on any atom is -0.0622 e. The summed E-state index contributed by atoms with van der Waals surface area (Å²) < 4.78 is 42.3. The van der Waals surface area contributed by atoms with Crippen LogP contribution in [0.3, 0.4) is 0 Å². The fourth-order valence-electron chi connectivity index (χ4n) is 7.60. The Balaban J connectivity index is 1.22. The van der Waals surface area contributed by atoms with Crippen LogP contribution in [0.15, 0.2) is 170 Å². The van der Waals surface area contributed by atoms with Crippen molar-refractivity contribution in [2.45, 2.75) is 19.3 Å². The number of benzene rings is 7. The fourth-order valence-corrected chi connectivity index (χ4v) is 7.60. The zero-order valence-corrected chi connectivity index (χ0v) is 26.3. The third-order valence-corrected chi connectivity index (χ3v) is 9.96. The summed E-state index contributed by atoms with van der Waals surface area (Å²) in [4.78, 5) is 0. The first kappa shape index (κ1) is 22.7. The maximum absolute atomic E-state index is 8.74. The van der Waals surface area contributed by atoms with Gasteiger partial charge in [-0.3, -0.25) is 0 Å². The summed E-state index contributed by atoms with van der Waals surface area (Å²) in [5.41, 5.74) is 9.65. The van der Waals surface area contributed by atoms with Gasteiger partial charge in [-0.1, -0.05) is 165 Å². The first-order chi connectivity index (χ1) is 25.1. The van der Waals surface area contributed by atoms with Crippen molar-refractivity contribution in [2.75, 3.05) is 0 Å². The van der Waals surface area contributed by atoms with E-state index in [1.165, 1.54) is 27.1 Å².